The molecule has 0 aliphatic carbocycles. The number of ether oxygens (including phenoxy) is 2. The fourth-order valence-electron chi connectivity index (χ4n) is 1.35. The van der Waals surface area contributed by atoms with Crippen LogP contribution in [-0.2, 0) is 9.53 Å². The molecule has 1 amide bonds. The summed E-state index contributed by atoms with van der Waals surface area (Å²) in [6.07, 6.45) is 0.789. The zero-order valence-corrected chi connectivity index (χ0v) is 10.7. The SMILES string of the molecule is COCCCOc1ccc(C(=O)NCC(=O)O)cc1. The lowest BCUT2D eigenvalue weighted by atomic mass is 10.2. The second-order valence-corrected chi connectivity index (χ2v) is 3.80. The molecule has 0 heterocycles. The number of hydrogen-bond donors (Lipinski definition) is 2. The van der Waals surface area contributed by atoms with Crippen LogP contribution < -0.4 is 10.1 Å². The molecule has 0 aliphatic heterocycles. The summed E-state index contributed by atoms with van der Waals surface area (Å²) in [7, 11) is 1.63. The van der Waals surface area contributed by atoms with Gasteiger partial charge in [0, 0.05) is 25.7 Å². The van der Waals surface area contributed by atoms with E-state index in [2.05, 4.69) is 5.32 Å². The highest BCUT2D eigenvalue weighted by atomic mass is 16.5. The van der Waals surface area contributed by atoms with Crippen LogP contribution in [0, 0.1) is 0 Å². The van der Waals surface area contributed by atoms with E-state index in [-0.39, 0.29) is 0 Å². The maximum Gasteiger partial charge on any atom is 0.322 e. The molecule has 0 saturated carbocycles. The molecule has 0 fully saturated rings. The molecule has 104 valence electrons. The van der Waals surface area contributed by atoms with Gasteiger partial charge in [0.1, 0.15) is 12.3 Å². The fraction of sp³-hybridized carbons (Fsp3) is 0.385. The van der Waals surface area contributed by atoms with E-state index in [1.807, 2.05) is 0 Å². The molecule has 6 nitrogen and oxygen atoms in total. The monoisotopic (exact) mass is 267 g/mol. The second-order valence-electron chi connectivity index (χ2n) is 3.80. The fourth-order valence-corrected chi connectivity index (χ4v) is 1.35. The summed E-state index contributed by atoms with van der Waals surface area (Å²) in [5.41, 5.74) is 0.394. The minimum absolute atomic E-state index is 0.394. The standard InChI is InChI=1S/C13H17NO5/c1-18-7-2-8-19-11-5-3-10(4-6-11)13(17)14-9-12(15)16/h3-6H,2,7-9H2,1H3,(H,14,17)(H,15,16). The van der Waals surface area contributed by atoms with Gasteiger partial charge in [0.2, 0.25) is 0 Å². The van der Waals surface area contributed by atoms with Gasteiger partial charge in [-0.15, -0.1) is 0 Å². The number of carbonyl (C=O) groups excluding carboxylic acids is 1. The summed E-state index contributed by atoms with van der Waals surface area (Å²) < 4.78 is 10.3. The van der Waals surface area contributed by atoms with E-state index < -0.39 is 18.4 Å². The van der Waals surface area contributed by atoms with Crippen LogP contribution in [0.15, 0.2) is 24.3 Å². The van der Waals surface area contributed by atoms with Gasteiger partial charge in [-0.2, -0.15) is 0 Å². The molecule has 0 bridgehead atoms. The number of benzene rings is 1. The van der Waals surface area contributed by atoms with E-state index >= 15 is 0 Å². The van der Waals surface area contributed by atoms with Crippen LogP contribution in [0.1, 0.15) is 16.8 Å². The summed E-state index contributed by atoms with van der Waals surface area (Å²) in [5, 5.41) is 10.7. The Morgan fingerprint density at radius 1 is 1.21 bits per heavy atom. The van der Waals surface area contributed by atoms with Gasteiger partial charge in [-0.05, 0) is 24.3 Å². The maximum atomic E-state index is 11.5. The molecule has 1 aromatic rings. The number of methoxy groups -OCH3 is 1. The van der Waals surface area contributed by atoms with Crippen LogP contribution in [0.3, 0.4) is 0 Å². The van der Waals surface area contributed by atoms with Gasteiger partial charge in [0.05, 0.1) is 6.61 Å². The van der Waals surface area contributed by atoms with E-state index in [1.54, 1.807) is 31.4 Å². The lowest BCUT2D eigenvalue weighted by molar-refractivity contribution is -0.135. The van der Waals surface area contributed by atoms with E-state index in [4.69, 9.17) is 14.6 Å². The van der Waals surface area contributed by atoms with Gasteiger partial charge in [-0.1, -0.05) is 0 Å². The van der Waals surface area contributed by atoms with Crippen LogP contribution in [0.5, 0.6) is 5.75 Å². The largest absolute Gasteiger partial charge is 0.494 e. The molecule has 19 heavy (non-hydrogen) atoms. The maximum absolute atomic E-state index is 11.5. The first-order valence-corrected chi connectivity index (χ1v) is 5.85. The highest BCUT2D eigenvalue weighted by Crippen LogP contribution is 2.12. The zero-order valence-electron chi connectivity index (χ0n) is 10.7. The number of carboxylic acids is 1. The zero-order chi connectivity index (χ0) is 14.1. The average molecular weight is 267 g/mol. The molecule has 2 N–H and O–H groups in total. The smallest absolute Gasteiger partial charge is 0.322 e. The number of carboxylic acid groups (broad SMARTS) is 1. The third kappa shape index (κ3) is 5.87. The van der Waals surface area contributed by atoms with Crippen molar-refractivity contribution in [2.45, 2.75) is 6.42 Å². The molecule has 0 aliphatic rings. The van der Waals surface area contributed by atoms with Crippen molar-refractivity contribution in [1.82, 2.24) is 5.32 Å². The van der Waals surface area contributed by atoms with Gasteiger partial charge in [0.25, 0.3) is 5.91 Å². The Balaban J connectivity index is 2.42. The van der Waals surface area contributed by atoms with Crippen LogP contribution >= 0.6 is 0 Å². The van der Waals surface area contributed by atoms with E-state index in [0.717, 1.165) is 6.42 Å². The number of nitrogens with one attached hydrogen (secondary N) is 1. The van der Waals surface area contributed by atoms with Crippen LogP contribution in [-0.4, -0.2) is 43.9 Å². The Labute approximate surface area is 111 Å². The van der Waals surface area contributed by atoms with E-state index in [0.29, 0.717) is 24.5 Å². The van der Waals surface area contributed by atoms with E-state index in [1.165, 1.54) is 0 Å². The minimum Gasteiger partial charge on any atom is -0.494 e. The van der Waals surface area contributed by atoms with Crippen molar-refractivity contribution >= 4 is 11.9 Å². The molecule has 1 aromatic carbocycles. The van der Waals surface area contributed by atoms with Crippen LogP contribution in [0.4, 0.5) is 0 Å². The molecule has 1 rings (SSSR count). The minimum atomic E-state index is -1.08. The third-order valence-corrected chi connectivity index (χ3v) is 2.28. The lowest BCUT2D eigenvalue weighted by Crippen LogP contribution is -2.29. The number of rotatable bonds is 8. The Hall–Kier alpha value is -2.08. The highest BCUT2D eigenvalue weighted by Gasteiger charge is 2.06. The first-order valence-electron chi connectivity index (χ1n) is 5.85. The summed E-state index contributed by atoms with van der Waals surface area (Å²) in [5.74, 6) is -0.842. The Morgan fingerprint density at radius 2 is 1.89 bits per heavy atom. The first-order chi connectivity index (χ1) is 9.13. The molecular formula is C13H17NO5. The Bertz CT molecular complexity index is 416. The predicted octanol–water partition coefficient (Wildman–Crippen LogP) is 0.916. The third-order valence-electron chi connectivity index (χ3n) is 2.28. The van der Waals surface area contributed by atoms with Crippen molar-refractivity contribution in [3.63, 3.8) is 0 Å². The molecule has 0 aromatic heterocycles. The molecule has 0 atom stereocenters. The molecule has 6 heteroatoms. The van der Waals surface area contributed by atoms with Gasteiger partial charge < -0.3 is 19.9 Å². The summed E-state index contributed by atoms with van der Waals surface area (Å²) in [4.78, 5) is 21.8. The van der Waals surface area contributed by atoms with Crippen LogP contribution in [0.2, 0.25) is 0 Å². The average Bonchev–Trinajstić information content (AvgIpc) is 2.41. The number of carbonyl (C=O) groups is 2. The molecular weight excluding hydrogens is 250 g/mol. The first kappa shape index (κ1) is 15.0. The Kier molecular flexibility index (Phi) is 6.38. The molecule has 0 spiro atoms. The van der Waals surface area contributed by atoms with Crippen LogP contribution in [0.25, 0.3) is 0 Å². The number of hydrogen-bond acceptors (Lipinski definition) is 4. The normalized spacial score (nSPS) is 9.95. The van der Waals surface area contributed by atoms with Crippen molar-refractivity contribution in [2.24, 2.45) is 0 Å². The van der Waals surface area contributed by atoms with E-state index in [9.17, 15) is 9.59 Å². The summed E-state index contributed by atoms with van der Waals surface area (Å²) in [6, 6.07) is 6.51. The Morgan fingerprint density at radius 3 is 2.47 bits per heavy atom. The van der Waals surface area contributed by atoms with Crippen molar-refractivity contribution in [3.05, 3.63) is 29.8 Å². The number of aliphatic carboxylic acids is 1. The quantitative estimate of drug-likeness (QED) is 0.684. The van der Waals surface area contributed by atoms with Gasteiger partial charge >= 0.3 is 5.97 Å². The van der Waals surface area contributed by atoms with Gasteiger partial charge in [-0.3, -0.25) is 9.59 Å². The van der Waals surface area contributed by atoms with Crippen molar-refractivity contribution in [2.75, 3.05) is 26.9 Å². The second kappa shape index (κ2) is 8.10. The molecule has 0 radical (unpaired) electrons. The summed E-state index contributed by atoms with van der Waals surface area (Å²) >= 11 is 0. The van der Waals surface area contributed by atoms with Crippen molar-refractivity contribution in [1.29, 1.82) is 0 Å². The highest BCUT2D eigenvalue weighted by molar-refractivity contribution is 5.95. The molecule has 0 unspecified atom stereocenters. The summed E-state index contributed by atoms with van der Waals surface area (Å²) in [6.45, 7) is 0.780. The van der Waals surface area contributed by atoms with Crippen molar-refractivity contribution in [3.8, 4) is 5.75 Å². The van der Waals surface area contributed by atoms with Gasteiger partial charge in [0.15, 0.2) is 0 Å². The predicted molar refractivity (Wildman–Crippen MR) is 68.4 cm³/mol. The topological polar surface area (TPSA) is 84.9 Å². The lowest BCUT2D eigenvalue weighted by Gasteiger charge is -2.07. The number of amides is 1. The van der Waals surface area contributed by atoms with Crippen molar-refractivity contribution < 1.29 is 24.2 Å². The molecule has 0 saturated heterocycles. The van der Waals surface area contributed by atoms with Gasteiger partial charge in [-0.25, -0.2) is 0 Å².